The second-order valence-corrected chi connectivity index (χ2v) is 6.56. The zero-order valence-electron chi connectivity index (χ0n) is 16.6. The number of nitrogens with one attached hydrogen (secondary N) is 2. The van der Waals surface area contributed by atoms with Gasteiger partial charge in [0.25, 0.3) is 5.91 Å². The largest absolute Gasteiger partial charge is 0.327 e. The first-order valence-corrected chi connectivity index (χ1v) is 9.31. The number of hydrogen-bond donors (Lipinski definition) is 2. The maximum Gasteiger partial charge on any atom is 0.274 e. The van der Waals surface area contributed by atoms with Gasteiger partial charge in [-0.05, 0) is 49.7 Å². The second-order valence-electron chi connectivity index (χ2n) is 6.56. The number of benzene rings is 2. The van der Waals surface area contributed by atoms with E-state index < -0.39 is 0 Å². The first-order chi connectivity index (χ1) is 14.0. The summed E-state index contributed by atoms with van der Waals surface area (Å²) in [6.45, 7) is 6.19. The summed E-state index contributed by atoms with van der Waals surface area (Å²) >= 11 is 0. The summed E-state index contributed by atoms with van der Waals surface area (Å²) in [5.41, 5.74) is 3.57. The Balaban J connectivity index is 1.81. The highest BCUT2D eigenvalue weighted by molar-refractivity contribution is 6.03. The van der Waals surface area contributed by atoms with Crippen molar-refractivity contribution >= 4 is 34.7 Å². The normalized spacial score (nSPS) is 10.3. The number of amides is 2. The van der Waals surface area contributed by atoms with Crippen LogP contribution in [-0.4, -0.2) is 28.3 Å². The van der Waals surface area contributed by atoms with Crippen molar-refractivity contribution in [3.05, 3.63) is 72.2 Å². The third-order valence-electron chi connectivity index (χ3n) is 4.23. The lowest BCUT2D eigenvalue weighted by molar-refractivity contribution is -0.114. The van der Waals surface area contributed by atoms with Gasteiger partial charge in [0.2, 0.25) is 5.91 Å². The van der Waals surface area contributed by atoms with Crippen molar-refractivity contribution in [1.29, 1.82) is 0 Å². The van der Waals surface area contributed by atoms with Crippen LogP contribution in [0, 0.1) is 6.92 Å². The number of rotatable bonds is 6. The smallest absolute Gasteiger partial charge is 0.274 e. The minimum Gasteiger partial charge on any atom is -0.327 e. The lowest BCUT2D eigenvalue weighted by Gasteiger charge is -2.22. The highest BCUT2D eigenvalue weighted by atomic mass is 16.2. The van der Waals surface area contributed by atoms with Crippen molar-refractivity contribution < 1.29 is 9.59 Å². The Morgan fingerprint density at radius 3 is 2.38 bits per heavy atom. The van der Waals surface area contributed by atoms with Gasteiger partial charge in [0.05, 0.1) is 0 Å². The van der Waals surface area contributed by atoms with Crippen LogP contribution >= 0.6 is 0 Å². The average Bonchev–Trinajstić information content (AvgIpc) is 2.69. The lowest BCUT2D eigenvalue weighted by Crippen LogP contribution is -2.20. The first kappa shape index (κ1) is 20.0. The van der Waals surface area contributed by atoms with Gasteiger partial charge in [-0.25, -0.2) is 9.97 Å². The van der Waals surface area contributed by atoms with Crippen molar-refractivity contribution in [2.45, 2.75) is 20.8 Å². The van der Waals surface area contributed by atoms with Gasteiger partial charge in [-0.3, -0.25) is 9.59 Å². The molecule has 3 aromatic rings. The molecule has 0 saturated heterocycles. The third kappa shape index (κ3) is 5.16. The van der Waals surface area contributed by atoms with Crippen LogP contribution in [0.25, 0.3) is 0 Å². The lowest BCUT2D eigenvalue weighted by atomic mass is 10.2. The minimum absolute atomic E-state index is 0.176. The van der Waals surface area contributed by atoms with Crippen molar-refractivity contribution in [2.24, 2.45) is 0 Å². The maximum absolute atomic E-state index is 12.7. The Morgan fingerprint density at radius 1 is 0.966 bits per heavy atom. The zero-order chi connectivity index (χ0) is 20.8. The van der Waals surface area contributed by atoms with Gasteiger partial charge < -0.3 is 15.5 Å². The number of hydrogen-bond acceptors (Lipinski definition) is 5. The van der Waals surface area contributed by atoms with Gasteiger partial charge >= 0.3 is 0 Å². The first-order valence-electron chi connectivity index (χ1n) is 9.31. The molecule has 0 unspecified atom stereocenters. The molecule has 0 spiro atoms. The Morgan fingerprint density at radius 2 is 1.69 bits per heavy atom. The van der Waals surface area contributed by atoms with Gasteiger partial charge in [-0.15, -0.1) is 0 Å². The highest BCUT2D eigenvalue weighted by Crippen LogP contribution is 2.24. The van der Waals surface area contributed by atoms with E-state index in [2.05, 4.69) is 26.7 Å². The number of carbonyl (C=O) groups is 2. The molecule has 3 rings (SSSR count). The van der Waals surface area contributed by atoms with Crippen LogP contribution in [-0.2, 0) is 4.79 Å². The fourth-order valence-electron chi connectivity index (χ4n) is 2.96. The van der Waals surface area contributed by atoms with Crippen LogP contribution in [0.5, 0.6) is 0 Å². The summed E-state index contributed by atoms with van der Waals surface area (Å²) in [7, 11) is 0. The topological polar surface area (TPSA) is 87.2 Å². The SMILES string of the molecule is CCN(c1cccc(C)c1)c1cc(C(=O)Nc2cccc(NC(C)=O)c2)ncn1. The van der Waals surface area contributed by atoms with Crippen LogP contribution in [0.3, 0.4) is 0 Å². The molecule has 0 aliphatic rings. The van der Waals surface area contributed by atoms with E-state index in [0.29, 0.717) is 23.7 Å². The van der Waals surface area contributed by atoms with Gasteiger partial charge in [-0.1, -0.05) is 18.2 Å². The van der Waals surface area contributed by atoms with E-state index in [1.54, 1.807) is 30.3 Å². The standard InChI is InChI=1S/C22H23N5O2/c1-4-27(19-10-5-7-15(2)11-19)21-13-20(23-14-24-21)22(29)26-18-9-6-8-17(12-18)25-16(3)28/h5-14H,4H2,1-3H3,(H,25,28)(H,26,29). The van der Waals surface area contributed by atoms with E-state index >= 15 is 0 Å². The number of carbonyl (C=O) groups excluding carboxylic acids is 2. The predicted octanol–water partition coefficient (Wildman–Crippen LogP) is 4.15. The summed E-state index contributed by atoms with van der Waals surface area (Å²) in [4.78, 5) is 34.4. The van der Waals surface area contributed by atoms with Gasteiger partial charge in [0.15, 0.2) is 0 Å². The summed E-state index contributed by atoms with van der Waals surface area (Å²) in [6, 6.07) is 16.7. The summed E-state index contributed by atoms with van der Waals surface area (Å²) in [5.74, 6) is 0.115. The fourth-order valence-corrected chi connectivity index (χ4v) is 2.96. The molecule has 2 amide bonds. The van der Waals surface area contributed by atoms with Crippen LogP contribution in [0.4, 0.5) is 22.9 Å². The van der Waals surface area contributed by atoms with Crippen LogP contribution < -0.4 is 15.5 Å². The number of anilines is 4. The molecule has 2 aromatic carbocycles. The van der Waals surface area contributed by atoms with Crippen molar-refractivity contribution in [3.63, 3.8) is 0 Å². The number of aromatic nitrogens is 2. The molecule has 0 bridgehead atoms. The Hall–Kier alpha value is -3.74. The Labute approximate surface area is 169 Å². The van der Waals surface area contributed by atoms with Gasteiger partial charge in [0.1, 0.15) is 17.8 Å². The van der Waals surface area contributed by atoms with E-state index in [0.717, 1.165) is 11.3 Å². The van der Waals surface area contributed by atoms with Crippen molar-refractivity contribution in [3.8, 4) is 0 Å². The molecule has 1 aromatic heterocycles. The molecule has 2 N–H and O–H groups in total. The van der Waals surface area contributed by atoms with Crippen LogP contribution in [0.1, 0.15) is 29.9 Å². The molecule has 0 atom stereocenters. The van der Waals surface area contributed by atoms with E-state index in [1.165, 1.54) is 13.3 Å². The van der Waals surface area contributed by atoms with E-state index in [9.17, 15) is 9.59 Å². The fraction of sp³-hybridized carbons (Fsp3) is 0.182. The quantitative estimate of drug-likeness (QED) is 0.661. The van der Waals surface area contributed by atoms with Crippen molar-refractivity contribution in [2.75, 3.05) is 22.1 Å². The molecule has 0 aliphatic heterocycles. The molecular weight excluding hydrogens is 366 g/mol. The van der Waals surface area contributed by atoms with Crippen LogP contribution in [0.2, 0.25) is 0 Å². The molecular formula is C22H23N5O2. The number of aryl methyl sites for hydroxylation is 1. The summed E-state index contributed by atoms with van der Waals surface area (Å²) in [6.07, 6.45) is 1.39. The zero-order valence-corrected chi connectivity index (χ0v) is 16.6. The Kier molecular flexibility index (Phi) is 6.19. The molecule has 148 valence electrons. The van der Waals surface area contributed by atoms with Crippen LogP contribution in [0.15, 0.2) is 60.9 Å². The van der Waals surface area contributed by atoms with Crippen molar-refractivity contribution in [1.82, 2.24) is 9.97 Å². The van der Waals surface area contributed by atoms with Gasteiger partial charge in [0, 0.05) is 36.6 Å². The van der Waals surface area contributed by atoms with E-state index in [4.69, 9.17) is 0 Å². The third-order valence-corrected chi connectivity index (χ3v) is 4.23. The van der Waals surface area contributed by atoms with Gasteiger partial charge in [-0.2, -0.15) is 0 Å². The maximum atomic E-state index is 12.7. The molecule has 1 heterocycles. The molecule has 0 saturated carbocycles. The highest BCUT2D eigenvalue weighted by Gasteiger charge is 2.14. The molecule has 29 heavy (non-hydrogen) atoms. The molecule has 7 nitrogen and oxygen atoms in total. The molecule has 0 aliphatic carbocycles. The summed E-state index contributed by atoms with van der Waals surface area (Å²) < 4.78 is 0. The summed E-state index contributed by atoms with van der Waals surface area (Å²) in [5, 5.41) is 5.50. The molecule has 0 fully saturated rings. The second kappa shape index (κ2) is 8.97. The van der Waals surface area contributed by atoms with E-state index in [-0.39, 0.29) is 17.5 Å². The monoisotopic (exact) mass is 389 g/mol. The average molecular weight is 389 g/mol. The van der Waals surface area contributed by atoms with E-state index in [1.807, 2.05) is 36.9 Å². The Bertz CT molecular complexity index is 1030. The number of nitrogens with zero attached hydrogens (tertiary/aromatic N) is 3. The predicted molar refractivity (Wildman–Crippen MR) is 115 cm³/mol. The molecule has 0 radical (unpaired) electrons. The minimum atomic E-state index is -0.353. The molecule has 7 heteroatoms.